The Hall–Kier alpha value is -1.83. The summed E-state index contributed by atoms with van der Waals surface area (Å²) in [6.45, 7) is 1.55. The Kier molecular flexibility index (Phi) is 5.55. The molecule has 2 amide bonds. The summed E-state index contributed by atoms with van der Waals surface area (Å²) in [5, 5.41) is 2.79. The molecule has 3 rings (SSSR count). The van der Waals surface area contributed by atoms with Crippen LogP contribution in [0.3, 0.4) is 0 Å². The molecule has 1 aliphatic heterocycles. The molecule has 0 aliphatic carbocycles. The maximum absolute atomic E-state index is 12.9. The largest absolute Gasteiger partial charge is 0.459 e. The normalized spacial score (nSPS) is 15.0. The number of nitrogens with one attached hydrogen (secondary N) is 1. The Labute approximate surface area is 154 Å². The van der Waals surface area contributed by atoms with E-state index >= 15 is 0 Å². The van der Waals surface area contributed by atoms with Crippen LogP contribution in [-0.4, -0.2) is 29.8 Å². The monoisotopic (exact) mass is 438 g/mol. The van der Waals surface area contributed by atoms with Crippen LogP contribution in [0.1, 0.15) is 46.6 Å². The van der Waals surface area contributed by atoms with Crippen molar-refractivity contribution >= 4 is 40.1 Å². The molecule has 0 bridgehead atoms. The summed E-state index contributed by atoms with van der Waals surface area (Å²) in [5.74, 6) is -0.155. The van der Waals surface area contributed by atoms with Crippen LogP contribution in [0.25, 0.3) is 0 Å². The smallest absolute Gasteiger partial charge is 0.291 e. The van der Waals surface area contributed by atoms with Crippen LogP contribution in [-0.2, 0) is 0 Å². The predicted molar refractivity (Wildman–Crippen MR) is 100 cm³/mol. The molecule has 1 fully saturated rings. The minimum absolute atomic E-state index is 0.0230. The molecule has 5 nitrogen and oxygen atoms in total. The van der Waals surface area contributed by atoms with Crippen LogP contribution < -0.4 is 5.32 Å². The zero-order valence-corrected chi connectivity index (χ0v) is 15.4. The van der Waals surface area contributed by atoms with E-state index in [9.17, 15) is 9.59 Å². The van der Waals surface area contributed by atoms with Gasteiger partial charge in [0.05, 0.1) is 17.5 Å². The fraction of sp³-hybridized carbons (Fsp3) is 0.333. The van der Waals surface area contributed by atoms with Gasteiger partial charge in [0.1, 0.15) is 0 Å². The van der Waals surface area contributed by atoms with Gasteiger partial charge in [-0.15, -0.1) is 0 Å². The molecule has 24 heavy (non-hydrogen) atoms. The number of likely N-dealkylation sites (tertiary alicyclic amines) is 1. The van der Waals surface area contributed by atoms with E-state index in [-0.39, 0.29) is 17.6 Å². The van der Waals surface area contributed by atoms with E-state index in [4.69, 9.17) is 4.42 Å². The Balaban J connectivity index is 1.84. The number of anilines is 1. The van der Waals surface area contributed by atoms with Gasteiger partial charge in [0, 0.05) is 16.7 Å². The number of halogens is 1. The van der Waals surface area contributed by atoms with Crippen LogP contribution in [0, 0.1) is 3.57 Å². The standard InChI is InChI=1S/C18H19IN2O3/c19-13-7-8-15(20-17(22)16-6-5-11-24-16)14(12-13)18(23)21-9-3-1-2-4-10-21/h5-8,11-12H,1-4,9-10H2,(H,20,22). The van der Waals surface area contributed by atoms with Gasteiger partial charge in [-0.25, -0.2) is 0 Å². The molecule has 1 aliphatic rings. The molecule has 0 saturated carbocycles. The van der Waals surface area contributed by atoms with Crippen molar-refractivity contribution in [1.29, 1.82) is 0 Å². The first kappa shape index (κ1) is 17.0. The molecule has 1 N–H and O–H groups in total. The minimum atomic E-state index is -0.355. The molecule has 0 spiro atoms. The summed E-state index contributed by atoms with van der Waals surface area (Å²) < 4.78 is 6.08. The highest BCUT2D eigenvalue weighted by Crippen LogP contribution is 2.23. The lowest BCUT2D eigenvalue weighted by Crippen LogP contribution is -2.32. The molecular formula is C18H19IN2O3. The Morgan fingerprint density at radius 3 is 2.50 bits per heavy atom. The topological polar surface area (TPSA) is 62.6 Å². The number of amides is 2. The molecule has 1 aromatic heterocycles. The number of furan rings is 1. The quantitative estimate of drug-likeness (QED) is 0.733. The lowest BCUT2D eigenvalue weighted by Gasteiger charge is -2.22. The van der Waals surface area contributed by atoms with E-state index in [1.807, 2.05) is 17.0 Å². The van der Waals surface area contributed by atoms with Crippen LogP contribution in [0.5, 0.6) is 0 Å². The maximum atomic E-state index is 12.9. The van der Waals surface area contributed by atoms with Crippen molar-refractivity contribution in [2.75, 3.05) is 18.4 Å². The Morgan fingerprint density at radius 1 is 1.08 bits per heavy atom. The molecule has 2 aromatic rings. The van der Waals surface area contributed by atoms with Gasteiger partial charge < -0.3 is 14.6 Å². The number of rotatable bonds is 3. The molecule has 0 atom stereocenters. The molecule has 2 heterocycles. The van der Waals surface area contributed by atoms with Crippen LogP contribution in [0.4, 0.5) is 5.69 Å². The van der Waals surface area contributed by atoms with Gasteiger partial charge in [-0.05, 0) is 65.8 Å². The number of hydrogen-bond acceptors (Lipinski definition) is 3. The van der Waals surface area contributed by atoms with E-state index in [0.29, 0.717) is 11.3 Å². The van der Waals surface area contributed by atoms with E-state index in [1.165, 1.54) is 6.26 Å². The SMILES string of the molecule is O=C(Nc1ccc(I)cc1C(=O)N1CCCCCC1)c1ccco1. The second kappa shape index (κ2) is 7.83. The fourth-order valence-electron chi connectivity index (χ4n) is 2.84. The van der Waals surface area contributed by atoms with E-state index in [1.54, 1.807) is 18.2 Å². The van der Waals surface area contributed by atoms with Crippen molar-refractivity contribution < 1.29 is 14.0 Å². The number of carbonyl (C=O) groups is 2. The Bertz CT molecular complexity index is 720. The van der Waals surface area contributed by atoms with Gasteiger partial charge in [-0.1, -0.05) is 12.8 Å². The molecule has 1 aromatic carbocycles. The molecule has 6 heteroatoms. The van der Waals surface area contributed by atoms with Crippen molar-refractivity contribution in [1.82, 2.24) is 4.90 Å². The second-order valence-electron chi connectivity index (χ2n) is 5.83. The first-order chi connectivity index (χ1) is 11.6. The zero-order valence-electron chi connectivity index (χ0n) is 13.3. The summed E-state index contributed by atoms with van der Waals surface area (Å²) in [4.78, 5) is 27.1. The first-order valence-corrected chi connectivity index (χ1v) is 9.17. The summed E-state index contributed by atoms with van der Waals surface area (Å²) in [6, 6.07) is 8.72. The van der Waals surface area contributed by atoms with Gasteiger partial charge >= 0.3 is 0 Å². The third-order valence-electron chi connectivity index (χ3n) is 4.10. The van der Waals surface area contributed by atoms with E-state index in [0.717, 1.165) is 42.3 Å². The van der Waals surface area contributed by atoms with Crippen LogP contribution in [0.15, 0.2) is 41.0 Å². The van der Waals surface area contributed by atoms with E-state index in [2.05, 4.69) is 27.9 Å². The Morgan fingerprint density at radius 2 is 1.83 bits per heavy atom. The van der Waals surface area contributed by atoms with Crippen molar-refractivity contribution in [3.8, 4) is 0 Å². The predicted octanol–water partition coefficient (Wildman–Crippen LogP) is 4.15. The average molecular weight is 438 g/mol. The second-order valence-corrected chi connectivity index (χ2v) is 7.07. The van der Waals surface area contributed by atoms with Crippen molar-refractivity contribution in [3.05, 3.63) is 51.5 Å². The summed E-state index contributed by atoms with van der Waals surface area (Å²) >= 11 is 2.18. The van der Waals surface area contributed by atoms with Crippen molar-refractivity contribution in [2.45, 2.75) is 25.7 Å². The zero-order chi connectivity index (χ0) is 16.9. The summed E-state index contributed by atoms with van der Waals surface area (Å²) in [6.07, 6.45) is 5.84. The first-order valence-electron chi connectivity index (χ1n) is 8.09. The molecular weight excluding hydrogens is 419 g/mol. The maximum Gasteiger partial charge on any atom is 0.291 e. The highest BCUT2D eigenvalue weighted by Gasteiger charge is 2.22. The average Bonchev–Trinajstić information content (AvgIpc) is 2.99. The lowest BCUT2D eigenvalue weighted by molar-refractivity contribution is 0.0762. The summed E-state index contributed by atoms with van der Waals surface area (Å²) in [7, 11) is 0. The highest BCUT2D eigenvalue weighted by atomic mass is 127. The molecule has 0 radical (unpaired) electrons. The third-order valence-corrected chi connectivity index (χ3v) is 4.77. The molecule has 1 saturated heterocycles. The van der Waals surface area contributed by atoms with Gasteiger partial charge in [0.25, 0.3) is 11.8 Å². The minimum Gasteiger partial charge on any atom is -0.459 e. The van der Waals surface area contributed by atoms with Crippen LogP contribution >= 0.6 is 22.6 Å². The van der Waals surface area contributed by atoms with Crippen molar-refractivity contribution in [3.63, 3.8) is 0 Å². The van der Waals surface area contributed by atoms with Gasteiger partial charge in [-0.2, -0.15) is 0 Å². The number of hydrogen-bond donors (Lipinski definition) is 1. The van der Waals surface area contributed by atoms with Gasteiger partial charge in [0.15, 0.2) is 5.76 Å². The van der Waals surface area contributed by atoms with Crippen LogP contribution in [0.2, 0.25) is 0 Å². The number of carbonyl (C=O) groups excluding carboxylic acids is 2. The highest BCUT2D eigenvalue weighted by molar-refractivity contribution is 14.1. The molecule has 126 valence electrons. The fourth-order valence-corrected chi connectivity index (χ4v) is 3.33. The summed E-state index contributed by atoms with van der Waals surface area (Å²) in [5.41, 5.74) is 1.05. The van der Waals surface area contributed by atoms with Crippen molar-refractivity contribution in [2.24, 2.45) is 0 Å². The van der Waals surface area contributed by atoms with Gasteiger partial charge in [-0.3, -0.25) is 9.59 Å². The molecule has 0 unspecified atom stereocenters. The number of benzene rings is 1. The van der Waals surface area contributed by atoms with E-state index < -0.39 is 0 Å². The lowest BCUT2D eigenvalue weighted by atomic mass is 10.1. The number of nitrogens with zero attached hydrogens (tertiary/aromatic N) is 1. The third kappa shape index (κ3) is 3.98. The van der Waals surface area contributed by atoms with Gasteiger partial charge in [0.2, 0.25) is 0 Å².